The van der Waals surface area contributed by atoms with Gasteiger partial charge in [0.2, 0.25) is 0 Å². The van der Waals surface area contributed by atoms with Crippen molar-refractivity contribution in [2.75, 3.05) is 44.4 Å². The molecule has 4 nitrogen and oxygen atoms in total. The lowest BCUT2D eigenvalue weighted by Crippen LogP contribution is -2.31. The second kappa shape index (κ2) is 9.29. The van der Waals surface area contributed by atoms with Crippen LogP contribution >= 0.6 is 0 Å². The lowest BCUT2D eigenvalue weighted by molar-refractivity contribution is 0.141. The van der Waals surface area contributed by atoms with Crippen LogP contribution in [0.2, 0.25) is 0 Å². The fraction of sp³-hybridized carbons (Fsp3) is 0.533. The minimum absolute atomic E-state index is 0.320. The zero-order chi connectivity index (χ0) is 14.8. The maximum Gasteiger partial charge on any atom is 0.147 e. The van der Waals surface area contributed by atoms with Crippen LogP contribution in [0, 0.1) is 17.1 Å². The fourth-order valence-electron chi connectivity index (χ4n) is 1.82. The maximum absolute atomic E-state index is 14.0. The molecule has 1 rings (SSSR count). The van der Waals surface area contributed by atoms with Crippen molar-refractivity contribution in [1.82, 2.24) is 0 Å². The lowest BCUT2D eigenvalue weighted by atomic mass is 10.2. The Bertz CT molecular complexity index is 436. The van der Waals surface area contributed by atoms with Gasteiger partial charge in [0.25, 0.3) is 0 Å². The first-order valence-electron chi connectivity index (χ1n) is 6.83. The molecule has 0 aliphatic carbocycles. The smallest absolute Gasteiger partial charge is 0.147 e. The fourth-order valence-corrected chi connectivity index (χ4v) is 1.82. The van der Waals surface area contributed by atoms with Crippen LogP contribution in [-0.4, -0.2) is 39.5 Å². The zero-order valence-corrected chi connectivity index (χ0v) is 12.1. The third kappa shape index (κ3) is 5.16. The quantitative estimate of drug-likeness (QED) is 0.652. The highest BCUT2D eigenvalue weighted by atomic mass is 19.1. The van der Waals surface area contributed by atoms with E-state index in [1.807, 2.05) is 24.8 Å². The van der Waals surface area contributed by atoms with Gasteiger partial charge in [0.05, 0.1) is 30.5 Å². The van der Waals surface area contributed by atoms with Gasteiger partial charge >= 0.3 is 0 Å². The van der Waals surface area contributed by atoms with Crippen LogP contribution in [0.1, 0.15) is 19.4 Å². The van der Waals surface area contributed by atoms with E-state index in [0.717, 1.165) is 0 Å². The van der Waals surface area contributed by atoms with Gasteiger partial charge in [-0.1, -0.05) is 0 Å². The number of anilines is 1. The lowest BCUT2D eigenvalue weighted by Gasteiger charge is -2.25. The molecule has 0 aliphatic heterocycles. The van der Waals surface area contributed by atoms with Crippen molar-refractivity contribution in [3.05, 3.63) is 29.6 Å². The van der Waals surface area contributed by atoms with Gasteiger partial charge in [-0.2, -0.15) is 5.26 Å². The second-order valence-corrected chi connectivity index (χ2v) is 4.16. The number of nitriles is 1. The Balaban J connectivity index is 2.77. The van der Waals surface area contributed by atoms with E-state index in [9.17, 15) is 4.39 Å². The summed E-state index contributed by atoms with van der Waals surface area (Å²) >= 11 is 0. The topological polar surface area (TPSA) is 45.5 Å². The summed E-state index contributed by atoms with van der Waals surface area (Å²) in [7, 11) is 0. The highest BCUT2D eigenvalue weighted by molar-refractivity contribution is 5.51. The summed E-state index contributed by atoms with van der Waals surface area (Å²) in [6, 6.07) is 6.43. The Morgan fingerprint density at radius 3 is 2.20 bits per heavy atom. The summed E-state index contributed by atoms with van der Waals surface area (Å²) in [5, 5.41) is 8.77. The minimum Gasteiger partial charge on any atom is -0.380 e. The summed E-state index contributed by atoms with van der Waals surface area (Å²) in [6.45, 7) is 7.35. The number of hydrogen-bond acceptors (Lipinski definition) is 4. The molecule has 20 heavy (non-hydrogen) atoms. The Labute approximate surface area is 119 Å². The third-order valence-electron chi connectivity index (χ3n) is 2.84. The van der Waals surface area contributed by atoms with Crippen LogP contribution in [0.5, 0.6) is 0 Å². The van der Waals surface area contributed by atoms with Gasteiger partial charge < -0.3 is 14.4 Å². The van der Waals surface area contributed by atoms with Gasteiger partial charge in [-0.25, -0.2) is 4.39 Å². The van der Waals surface area contributed by atoms with Gasteiger partial charge in [-0.05, 0) is 32.0 Å². The van der Waals surface area contributed by atoms with Crippen LogP contribution in [0.4, 0.5) is 10.1 Å². The Kier molecular flexibility index (Phi) is 7.63. The van der Waals surface area contributed by atoms with Crippen molar-refractivity contribution < 1.29 is 13.9 Å². The summed E-state index contributed by atoms with van der Waals surface area (Å²) in [4.78, 5) is 1.88. The number of halogens is 1. The van der Waals surface area contributed by atoms with Gasteiger partial charge in [0, 0.05) is 26.3 Å². The Morgan fingerprint density at radius 2 is 1.75 bits per heavy atom. The molecule has 0 heterocycles. The Morgan fingerprint density at radius 1 is 1.15 bits per heavy atom. The van der Waals surface area contributed by atoms with E-state index in [1.54, 1.807) is 12.1 Å². The number of hydrogen-bond donors (Lipinski definition) is 0. The molecule has 0 spiro atoms. The molecule has 0 atom stereocenters. The number of ether oxygens (including phenoxy) is 2. The molecule has 0 fully saturated rings. The molecular weight excluding hydrogens is 259 g/mol. The largest absolute Gasteiger partial charge is 0.380 e. The molecule has 1 aromatic carbocycles. The van der Waals surface area contributed by atoms with Crippen molar-refractivity contribution in [3.8, 4) is 6.07 Å². The first kappa shape index (κ1) is 16.4. The summed E-state index contributed by atoms with van der Waals surface area (Å²) < 4.78 is 24.7. The number of rotatable bonds is 9. The third-order valence-corrected chi connectivity index (χ3v) is 2.84. The van der Waals surface area contributed by atoms with E-state index in [2.05, 4.69) is 0 Å². The van der Waals surface area contributed by atoms with Crippen LogP contribution in [0.25, 0.3) is 0 Å². The van der Waals surface area contributed by atoms with E-state index >= 15 is 0 Å². The molecule has 0 aromatic heterocycles. The first-order chi connectivity index (χ1) is 9.72. The van der Waals surface area contributed by atoms with E-state index < -0.39 is 5.82 Å². The van der Waals surface area contributed by atoms with Gasteiger partial charge in [0.15, 0.2) is 0 Å². The molecule has 0 N–H and O–H groups in total. The SMILES string of the molecule is CCOCCN(CCOCC)c1ccc(C#N)cc1F. The second-order valence-electron chi connectivity index (χ2n) is 4.16. The predicted octanol–water partition coefficient (Wildman–Crippen LogP) is 2.58. The minimum atomic E-state index is -0.392. The van der Waals surface area contributed by atoms with Crippen LogP contribution in [0.15, 0.2) is 18.2 Å². The molecule has 1 aromatic rings. The maximum atomic E-state index is 14.0. The van der Waals surface area contributed by atoms with Crippen molar-refractivity contribution in [3.63, 3.8) is 0 Å². The summed E-state index contributed by atoms with van der Waals surface area (Å²) in [6.07, 6.45) is 0. The van der Waals surface area contributed by atoms with Crippen molar-refractivity contribution in [2.24, 2.45) is 0 Å². The normalized spacial score (nSPS) is 10.3. The Hall–Kier alpha value is -1.64. The summed E-state index contributed by atoms with van der Waals surface area (Å²) in [5.41, 5.74) is 0.796. The van der Waals surface area contributed by atoms with Gasteiger partial charge in [-0.3, -0.25) is 0 Å². The van der Waals surface area contributed by atoms with Crippen LogP contribution in [-0.2, 0) is 9.47 Å². The molecule has 0 bridgehead atoms. The van der Waals surface area contributed by atoms with E-state index in [0.29, 0.717) is 50.8 Å². The van der Waals surface area contributed by atoms with Crippen LogP contribution < -0.4 is 4.90 Å². The highest BCUT2D eigenvalue weighted by Gasteiger charge is 2.12. The van der Waals surface area contributed by atoms with Crippen molar-refractivity contribution in [2.45, 2.75) is 13.8 Å². The number of nitrogens with zero attached hydrogens (tertiary/aromatic N) is 2. The molecule has 0 saturated carbocycles. The first-order valence-corrected chi connectivity index (χ1v) is 6.83. The molecule has 5 heteroatoms. The zero-order valence-electron chi connectivity index (χ0n) is 12.1. The molecule has 0 saturated heterocycles. The van der Waals surface area contributed by atoms with Gasteiger partial charge in [0.1, 0.15) is 5.82 Å². The van der Waals surface area contributed by atoms with Crippen LogP contribution in [0.3, 0.4) is 0 Å². The molecular formula is C15H21FN2O2. The van der Waals surface area contributed by atoms with E-state index in [-0.39, 0.29) is 0 Å². The average molecular weight is 280 g/mol. The molecule has 0 radical (unpaired) electrons. The van der Waals surface area contributed by atoms with E-state index in [4.69, 9.17) is 14.7 Å². The molecule has 0 amide bonds. The van der Waals surface area contributed by atoms with E-state index in [1.165, 1.54) is 6.07 Å². The molecule has 110 valence electrons. The van der Waals surface area contributed by atoms with Gasteiger partial charge in [-0.15, -0.1) is 0 Å². The standard InChI is InChI=1S/C15H21FN2O2/c1-3-19-9-7-18(8-10-20-4-2)15-6-5-13(12-17)11-14(15)16/h5-6,11H,3-4,7-10H2,1-2H3. The monoisotopic (exact) mass is 280 g/mol. The average Bonchev–Trinajstić information content (AvgIpc) is 2.46. The predicted molar refractivity (Wildman–Crippen MR) is 76.3 cm³/mol. The molecule has 0 unspecified atom stereocenters. The van der Waals surface area contributed by atoms with Crippen molar-refractivity contribution in [1.29, 1.82) is 5.26 Å². The van der Waals surface area contributed by atoms with Crippen molar-refractivity contribution >= 4 is 5.69 Å². The highest BCUT2D eigenvalue weighted by Crippen LogP contribution is 2.20. The molecule has 0 aliphatic rings. The number of benzene rings is 1. The summed E-state index contributed by atoms with van der Waals surface area (Å²) in [5.74, 6) is -0.392.